The summed E-state index contributed by atoms with van der Waals surface area (Å²) in [5, 5.41) is 8.73. The summed E-state index contributed by atoms with van der Waals surface area (Å²) in [4.78, 5) is 9.88. The molecule has 0 unspecified atom stereocenters. The van der Waals surface area contributed by atoms with Gasteiger partial charge in [0.1, 0.15) is 0 Å². The van der Waals surface area contributed by atoms with Crippen molar-refractivity contribution < 1.29 is 0 Å². The third kappa shape index (κ3) is 3.11. The first-order valence-corrected chi connectivity index (χ1v) is 13.2. The topological polar surface area (TPSA) is 25.8 Å². The zero-order chi connectivity index (χ0) is 24.3. The number of nitrogens with zero attached hydrogens (tertiary/aromatic N) is 2. The van der Waals surface area contributed by atoms with Gasteiger partial charge in [-0.25, -0.2) is 4.98 Å². The molecule has 0 aliphatic rings. The molecular weight excluding hydrogens is 468 g/mol. The molecule has 0 saturated carbocycles. The standard InChI is InChI=1S/C34H20N2S/c1-2-9-23-21(8-1)16-17-31-32(23)28-14-7-13-24(34(28)37-31)22-18-19-35-30(20-22)33-27-12-4-3-10-25(27)26-11-5-6-15-29(26)36-33/h1-20H. The molecule has 37 heavy (non-hydrogen) atoms. The van der Waals surface area contributed by atoms with Crippen molar-refractivity contribution >= 4 is 64.0 Å². The smallest absolute Gasteiger partial charge is 0.0972 e. The quantitative estimate of drug-likeness (QED) is 0.226. The molecule has 0 spiro atoms. The van der Waals surface area contributed by atoms with Crippen LogP contribution in [0, 0.1) is 0 Å². The summed E-state index contributed by atoms with van der Waals surface area (Å²) in [5.41, 5.74) is 5.19. The van der Waals surface area contributed by atoms with Gasteiger partial charge in [-0.05, 0) is 51.6 Å². The van der Waals surface area contributed by atoms with Crippen molar-refractivity contribution in [1.82, 2.24) is 9.97 Å². The Balaban J connectivity index is 1.38. The predicted octanol–water partition coefficient (Wildman–Crippen LogP) is 9.64. The van der Waals surface area contributed by atoms with Crippen LogP contribution in [0.15, 0.2) is 121 Å². The fraction of sp³-hybridized carbons (Fsp3) is 0. The molecule has 0 aliphatic carbocycles. The Hall–Kier alpha value is -4.60. The van der Waals surface area contributed by atoms with Crippen LogP contribution < -0.4 is 0 Å². The van der Waals surface area contributed by atoms with E-state index in [4.69, 9.17) is 9.97 Å². The van der Waals surface area contributed by atoms with Crippen LogP contribution in [-0.4, -0.2) is 9.97 Å². The average molecular weight is 489 g/mol. The monoisotopic (exact) mass is 488 g/mol. The fourth-order valence-electron chi connectivity index (χ4n) is 5.62. The van der Waals surface area contributed by atoms with Crippen molar-refractivity contribution in [2.45, 2.75) is 0 Å². The Bertz CT molecular complexity index is 2160. The van der Waals surface area contributed by atoms with Gasteiger partial charge in [-0.3, -0.25) is 4.98 Å². The minimum absolute atomic E-state index is 0.892. The van der Waals surface area contributed by atoms with E-state index < -0.39 is 0 Å². The van der Waals surface area contributed by atoms with Crippen LogP contribution in [0.1, 0.15) is 0 Å². The number of para-hydroxylation sites is 1. The zero-order valence-corrected chi connectivity index (χ0v) is 20.7. The number of rotatable bonds is 2. The molecule has 8 rings (SSSR count). The van der Waals surface area contributed by atoms with Crippen LogP contribution in [-0.2, 0) is 0 Å². The van der Waals surface area contributed by atoms with Crippen molar-refractivity contribution in [3.8, 4) is 22.5 Å². The van der Waals surface area contributed by atoms with Gasteiger partial charge in [0.15, 0.2) is 0 Å². The highest BCUT2D eigenvalue weighted by Crippen LogP contribution is 2.43. The molecule has 0 amide bonds. The number of hydrogen-bond acceptors (Lipinski definition) is 3. The first-order chi connectivity index (χ1) is 18.3. The lowest BCUT2D eigenvalue weighted by atomic mass is 9.98. The minimum Gasteiger partial charge on any atom is -0.255 e. The van der Waals surface area contributed by atoms with E-state index in [-0.39, 0.29) is 0 Å². The van der Waals surface area contributed by atoms with Gasteiger partial charge in [-0.2, -0.15) is 0 Å². The molecule has 8 aromatic rings. The third-order valence-electron chi connectivity index (χ3n) is 7.31. The number of fused-ring (bicyclic) bond motifs is 8. The molecule has 5 aromatic carbocycles. The Morgan fingerprint density at radius 2 is 1.32 bits per heavy atom. The first kappa shape index (κ1) is 20.6. The van der Waals surface area contributed by atoms with E-state index in [1.54, 1.807) is 0 Å². The molecule has 0 aliphatic heterocycles. The fourth-order valence-corrected chi connectivity index (χ4v) is 6.88. The van der Waals surface area contributed by atoms with Crippen LogP contribution >= 0.6 is 11.3 Å². The van der Waals surface area contributed by atoms with E-state index in [9.17, 15) is 0 Å². The lowest BCUT2D eigenvalue weighted by molar-refractivity contribution is 1.29. The molecular formula is C34H20N2S. The van der Waals surface area contributed by atoms with Crippen LogP contribution in [0.4, 0.5) is 0 Å². The highest BCUT2D eigenvalue weighted by molar-refractivity contribution is 7.26. The lowest BCUT2D eigenvalue weighted by Gasteiger charge is -2.11. The van der Waals surface area contributed by atoms with Crippen molar-refractivity contribution in [1.29, 1.82) is 0 Å². The SMILES string of the molecule is c1ccc2c(c1)ccc1sc3c(-c4ccnc(-c5nc6ccccc6c6ccccc56)c4)cccc3c12. The summed E-state index contributed by atoms with van der Waals surface area (Å²) >= 11 is 1.87. The maximum Gasteiger partial charge on any atom is 0.0972 e. The molecule has 0 bridgehead atoms. The Kier molecular flexibility index (Phi) is 4.42. The molecule has 0 radical (unpaired) electrons. The Labute approximate surface area is 217 Å². The predicted molar refractivity (Wildman–Crippen MR) is 158 cm³/mol. The average Bonchev–Trinajstić information content (AvgIpc) is 3.36. The van der Waals surface area contributed by atoms with Crippen LogP contribution in [0.25, 0.3) is 75.1 Å². The minimum atomic E-state index is 0.892. The number of thiophene rings is 1. The summed E-state index contributed by atoms with van der Waals surface area (Å²) in [5.74, 6) is 0. The Morgan fingerprint density at radius 1 is 0.568 bits per heavy atom. The van der Waals surface area contributed by atoms with Gasteiger partial charge in [-0.1, -0.05) is 91.0 Å². The van der Waals surface area contributed by atoms with Gasteiger partial charge >= 0.3 is 0 Å². The molecule has 3 heteroatoms. The van der Waals surface area contributed by atoms with Crippen molar-refractivity contribution in [3.05, 3.63) is 121 Å². The van der Waals surface area contributed by atoms with Gasteiger partial charge in [0.2, 0.25) is 0 Å². The summed E-state index contributed by atoms with van der Waals surface area (Å²) < 4.78 is 2.62. The number of aromatic nitrogens is 2. The first-order valence-electron chi connectivity index (χ1n) is 12.4. The van der Waals surface area contributed by atoms with Gasteiger partial charge in [0.05, 0.1) is 16.9 Å². The van der Waals surface area contributed by atoms with Crippen LogP contribution in [0.5, 0.6) is 0 Å². The van der Waals surface area contributed by atoms with E-state index in [2.05, 4.69) is 109 Å². The zero-order valence-electron chi connectivity index (χ0n) is 19.8. The number of pyridine rings is 2. The van der Waals surface area contributed by atoms with E-state index in [1.807, 2.05) is 23.6 Å². The van der Waals surface area contributed by atoms with Crippen molar-refractivity contribution in [2.24, 2.45) is 0 Å². The highest BCUT2D eigenvalue weighted by Gasteiger charge is 2.15. The Morgan fingerprint density at radius 3 is 2.24 bits per heavy atom. The second kappa shape index (κ2) is 7.95. The molecule has 0 saturated heterocycles. The number of benzene rings is 5. The third-order valence-corrected chi connectivity index (χ3v) is 8.51. The molecule has 3 heterocycles. The van der Waals surface area contributed by atoms with Gasteiger partial charge in [0.25, 0.3) is 0 Å². The maximum atomic E-state index is 5.08. The second-order valence-electron chi connectivity index (χ2n) is 9.40. The van der Waals surface area contributed by atoms with E-state index in [1.165, 1.54) is 47.3 Å². The summed E-state index contributed by atoms with van der Waals surface area (Å²) in [6, 6.07) is 41.0. The summed E-state index contributed by atoms with van der Waals surface area (Å²) in [6.07, 6.45) is 1.91. The van der Waals surface area contributed by atoms with Crippen LogP contribution in [0.3, 0.4) is 0 Å². The van der Waals surface area contributed by atoms with E-state index in [0.717, 1.165) is 27.9 Å². The van der Waals surface area contributed by atoms with E-state index in [0.29, 0.717) is 0 Å². The van der Waals surface area contributed by atoms with Gasteiger partial charge < -0.3 is 0 Å². The second-order valence-corrected chi connectivity index (χ2v) is 10.4. The molecule has 172 valence electrons. The molecule has 0 fully saturated rings. The van der Waals surface area contributed by atoms with Gasteiger partial charge in [-0.15, -0.1) is 11.3 Å². The molecule has 3 aromatic heterocycles. The number of hydrogen-bond donors (Lipinski definition) is 0. The molecule has 0 atom stereocenters. The lowest BCUT2D eigenvalue weighted by Crippen LogP contribution is -1.92. The molecule has 0 N–H and O–H groups in total. The molecule has 2 nitrogen and oxygen atoms in total. The van der Waals surface area contributed by atoms with E-state index >= 15 is 0 Å². The summed E-state index contributed by atoms with van der Waals surface area (Å²) in [6.45, 7) is 0. The normalized spacial score (nSPS) is 11.8. The maximum absolute atomic E-state index is 5.08. The van der Waals surface area contributed by atoms with Crippen molar-refractivity contribution in [2.75, 3.05) is 0 Å². The largest absolute Gasteiger partial charge is 0.255 e. The summed E-state index contributed by atoms with van der Waals surface area (Å²) in [7, 11) is 0. The van der Waals surface area contributed by atoms with Crippen LogP contribution in [0.2, 0.25) is 0 Å². The highest BCUT2D eigenvalue weighted by atomic mass is 32.1. The van der Waals surface area contributed by atoms with Crippen molar-refractivity contribution in [3.63, 3.8) is 0 Å². The van der Waals surface area contributed by atoms with Gasteiger partial charge in [0, 0.05) is 37.1 Å².